The Morgan fingerprint density at radius 3 is 2.89 bits per heavy atom. The molecule has 0 saturated carbocycles. The van der Waals surface area contributed by atoms with Crippen molar-refractivity contribution in [3.8, 4) is 0 Å². The minimum Gasteiger partial charge on any atom is -0.312 e. The molecular formula is C13H20N2O2S. The highest BCUT2D eigenvalue weighted by Gasteiger charge is 2.17. The lowest BCUT2D eigenvalue weighted by atomic mass is 10.00. The third kappa shape index (κ3) is 3.23. The molecule has 0 aromatic heterocycles. The first-order chi connectivity index (χ1) is 8.48. The van der Waals surface area contributed by atoms with Gasteiger partial charge in [0.15, 0.2) is 0 Å². The zero-order valence-corrected chi connectivity index (χ0v) is 11.7. The van der Waals surface area contributed by atoms with Gasteiger partial charge in [-0.25, -0.2) is 8.42 Å². The predicted molar refractivity (Wildman–Crippen MR) is 74.1 cm³/mol. The summed E-state index contributed by atoms with van der Waals surface area (Å²) >= 11 is 0. The maximum absolute atomic E-state index is 12.0. The highest BCUT2D eigenvalue weighted by Crippen LogP contribution is 2.24. The summed E-state index contributed by atoms with van der Waals surface area (Å²) in [6.45, 7) is 5.49. The van der Waals surface area contributed by atoms with Gasteiger partial charge in [-0.3, -0.25) is 4.72 Å². The molecule has 1 aromatic rings. The Kier molecular flexibility index (Phi) is 3.92. The molecule has 0 bridgehead atoms. The third-order valence-electron chi connectivity index (χ3n) is 2.96. The quantitative estimate of drug-likeness (QED) is 0.874. The highest BCUT2D eigenvalue weighted by atomic mass is 32.2. The molecule has 5 heteroatoms. The van der Waals surface area contributed by atoms with Crippen LogP contribution in [0.2, 0.25) is 0 Å². The number of hydrogen-bond acceptors (Lipinski definition) is 3. The van der Waals surface area contributed by atoms with Crippen molar-refractivity contribution < 1.29 is 8.42 Å². The van der Waals surface area contributed by atoms with Gasteiger partial charge in [0.2, 0.25) is 10.0 Å². The van der Waals surface area contributed by atoms with Gasteiger partial charge in [-0.1, -0.05) is 26.0 Å². The Labute approximate surface area is 109 Å². The summed E-state index contributed by atoms with van der Waals surface area (Å²) in [5.41, 5.74) is 3.04. The SMILES string of the molecule is CC(C)CS(=O)(=O)Nc1cccc2c1CNCC2. The van der Waals surface area contributed by atoms with Crippen molar-refractivity contribution in [1.29, 1.82) is 0 Å². The number of nitrogens with one attached hydrogen (secondary N) is 2. The molecule has 1 aromatic carbocycles. The van der Waals surface area contributed by atoms with E-state index in [0.29, 0.717) is 0 Å². The first-order valence-corrected chi connectivity index (χ1v) is 7.95. The van der Waals surface area contributed by atoms with Crippen LogP contribution in [-0.4, -0.2) is 20.7 Å². The van der Waals surface area contributed by atoms with Gasteiger partial charge >= 0.3 is 0 Å². The van der Waals surface area contributed by atoms with Crippen molar-refractivity contribution >= 4 is 15.7 Å². The van der Waals surface area contributed by atoms with E-state index >= 15 is 0 Å². The summed E-state index contributed by atoms with van der Waals surface area (Å²) in [6.07, 6.45) is 0.953. The molecule has 0 saturated heterocycles. The van der Waals surface area contributed by atoms with Crippen LogP contribution in [0.4, 0.5) is 5.69 Å². The number of sulfonamides is 1. The van der Waals surface area contributed by atoms with Gasteiger partial charge in [0.25, 0.3) is 0 Å². The van der Waals surface area contributed by atoms with Gasteiger partial charge in [-0.15, -0.1) is 0 Å². The highest BCUT2D eigenvalue weighted by molar-refractivity contribution is 7.92. The van der Waals surface area contributed by atoms with Gasteiger partial charge in [0.1, 0.15) is 0 Å². The Bertz CT molecular complexity index is 524. The second kappa shape index (κ2) is 5.28. The van der Waals surface area contributed by atoms with E-state index in [4.69, 9.17) is 0 Å². The molecule has 0 unspecified atom stereocenters. The maximum Gasteiger partial charge on any atom is 0.232 e. The number of rotatable bonds is 4. The van der Waals surface area contributed by atoms with Gasteiger partial charge in [0, 0.05) is 6.54 Å². The van der Waals surface area contributed by atoms with Crippen LogP contribution in [0.5, 0.6) is 0 Å². The van der Waals surface area contributed by atoms with Crippen LogP contribution in [0.25, 0.3) is 0 Å². The number of fused-ring (bicyclic) bond motifs is 1. The molecule has 0 fully saturated rings. The van der Waals surface area contributed by atoms with E-state index in [1.165, 1.54) is 5.56 Å². The topological polar surface area (TPSA) is 58.2 Å². The largest absolute Gasteiger partial charge is 0.312 e. The van der Waals surface area contributed by atoms with E-state index < -0.39 is 10.0 Å². The average molecular weight is 268 g/mol. The molecule has 0 aliphatic carbocycles. The van der Waals surface area contributed by atoms with Gasteiger partial charge in [-0.05, 0) is 36.1 Å². The van der Waals surface area contributed by atoms with Gasteiger partial charge < -0.3 is 5.32 Å². The molecule has 100 valence electrons. The molecule has 4 nitrogen and oxygen atoms in total. The second-order valence-electron chi connectivity index (χ2n) is 5.15. The molecule has 1 aliphatic rings. The van der Waals surface area contributed by atoms with Crippen LogP contribution in [-0.2, 0) is 23.0 Å². The normalized spacial score (nSPS) is 15.5. The lowest BCUT2D eigenvalue weighted by Gasteiger charge is -2.21. The smallest absolute Gasteiger partial charge is 0.232 e. The van der Waals surface area contributed by atoms with Gasteiger partial charge in [0.05, 0.1) is 11.4 Å². The van der Waals surface area contributed by atoms with Crippen molar-refractivity contribution in [3.05, 3.63) is 29.3 Å². The van der Waals surface area contributed by atoms with E-state index in [1.807, 2.05) is 26.0 Å². The molecule has 0 amide bonds. The van der Waals surface area contributed by atoms with Crippen LogP contribution in [0, 0.1) is 5.92 Å². The van der Waals surface area contributed by atoms with Crippen molar-refractivity contribution in [2.45, 2.75) is 26.8 Å². The summed E-state index contributed by atoms with van der Waals surface area (Å²) < 4.78 is 26.6. The first kappa shape index (κ1) is 13.4. The predicted octanol–water partition coefficient (Wildman–Crippen LogP) is 1.73. The fraction of sp³-hybridized carbons (Fsp3) is 0.538. The van der Waals surface area contributed by atoms with E-state index in [0.717, 1.165) is 30.8 Å². The van der Waals surface area contributed by atoms with E-state index in [9.17, 15) is 8.42 Å². The molecular weight excluding hydrogens is 248 g/mol. The first-order valence-electron chi connectivity index (χ1n) is 6.30. The minimum atomic E-state index is -3.25. The van der Waals surface area contributed by atoms with Crippen LogP contribution in [0.15, 0.2) is 18.2 Å². The molecule has 2 rings (SSSR count). The Morgan fingerprint density at radius 1 is 1.39 bits per heavy atom. The monoisotopic (exact) mass is 268 g/mol. The molecule has 0 spiro atoms. The fourth-order valence-corrected chi connectivity index (χ4v) is 3.75. The van der Waals surface area contributed by atoms with Crippen LogP contribution in [0.1, 0.15) is 25.0 Å². The van der Waals surface area contributed by atoms with Gasteiger partial charge in [-0.2, -0.15) is 0 Å². The van der Waals surface area contributed by atoms with E-state index in [1.54, 1.807) is 0 Å². The standard InChI is InChI=1S/C13H20N2O2S/c1-10(2)9-18(16,17)15-13-5-3-4-11-6-7-14-8-12(11)13/h3-5,10,14-15H,6-9H2,1-2H3. The molecule has 1 heterocycles. The molecule has 0 atom stereocenters. The van der Waals surface area contributed by atoms with E-state index in [-0.39, 0.29) is 11.7 Å². The maximum atomic E-state index is 12.0. The van der Waals surface area contributed by atoms with Crippen molar-refractivity contribution in [3.63, 3.8) is 0 Å². The van der Waals surface area contributed by atoms with Crippen molar-refractivity contribution in [2.75, 3.05) is 17.0 Å². The average Bonchev–Trinajstić information content (AvgIpc) is 2.27. The number of anilines is 1. The molecule has 1 aliphatic heterocycles. The minimum absolute atomic E-state index is 0.125. The lowest BCUT2D eigenvalue weighted by molar-refractivity contribution is 0.587. The fourth-order valence-electron chi connectivity index (χ4n) is 2.26. The summed E-state index contributed by atoms with van der Waals surface area (Å²) in [4.78, 5) is 0. The Morgan fingerprint density at radius 2 is 2.17 bits per heavy atom. The van der Waals surface area contributed by atoms with Crippen LogP contribution < -0.4 is 10.0 Å². The van der Waals surface area contributed by atoms with Crippen molar-refractivity contribution in [1.82, 2.24) is 5.32 Å². The molecule has 18 heavy (non-hydrogen) atoms. The summed E-state index contributed by atoms with van der Waals surface area (Å²) in [5, 5.41) is 3.27. The van der Waals surface area contributed by atoms with Crippen LogP contribution in [0.3, 0.4) is 0 Å². The van der Waals surface area contributed by atoms with E-state index in [2.05, 4.69) is 16.1 Å². The van der Waals surface area contributed by atoms with Crippen LogP contribution >= 0.6 is 0 Å². The summed E-state index contributed by atoms with van der Waals surface area (Å²) in [7, 11) is -3.25. The summed E-state index contributed by atoms with van der Waals surface area (Å²) in [5.74, 6) is 0.282. The summed E-state index contributed by atoms with van der Waals surface area (Å²) in [6, 6.07) is 5.82. The Balaban J connectivity index is 2.24. The lowest BCUT2D eigenvalue weighted by Crippen LogP contribution is -2.26. The second-order valence-corrected chi connectivity index (χ2v) is 6.91. The third-order valence-corrected chi connectivity index (χ3v) is 4.60. The number of hydrogen-bond donors (Lipinski definition) is 2. The Hall–Kier alpha value is -1.07. The van der Waals surface area contributed by atoms with Crippen molar-refractivity contribution in [2.24, 2.45) is 5.92 Å². The number of benzene rings is 1. The molecule has 2 N–H and O–H groups in total. The zero-order chi connectivity index (χ0) is 13.2. The zero-order valence-electron chi connectivity index (χ0n) is 10.9. The molecule has 0 radical (unpaired) electrons.